The lowest BCUT2D eigenvalue weighted by atomic mass is 9.89. The van der Waals surface area contributed by atoms with Gasteiger partial charge < -0.3 is 4.74 Å². The Balaban J connectivity index is 2.16. The molecule has 0 aromatic rings. The van der Waals surface area contributed by atoms with Crippen molar-refractivity contribution in [3.8, 4) is 0 Å². The summed E-state index contributed by atoms with van der Waals surface area (Å²) in [4.78, 5) is 10.8. The van der Waals surface area contributed by atoms with E-state index in [0.717, 1.165) is 31.4 Å². The number of ether oxygens (including phenoxy) is 1. The molecule has 0 fully saturated rings. The van der Waals surface area contributed by atoms with Gasteiger partial charge in [-0.3, -0.25) is 4.79 Å². The molecule has 0 atom stereocenters. The van der Waals surface area contributed by atoms with Crippen molar-refractivity contribution in [2.45, 2.75) is 32.6 Å². The van der Waals surface area contributed by atoms with Gasteiger partial charge in [-0.2, -0.15) is 0 Å². The molecule has 2 aliphatic carbocycles. The molecule has 0 aromatic carbocycles. The summed E-state index contributed by atoms with van der Waals surface area (Å²) in [6.07, 6.45) is 10.5. The van der Waals surface area contributed by atoms with E-state index in [-0.39, 0.29) is 5.97 Å². The third-order valence-electron chi connectivity index (χ3n) is 2.58. The van der Waals surface area contributed by atoms with Crippen molar-refractivity contribution in [1.29, 1.82) is 0 Å². The molecule has 0 radical (unpaired) electrons. The zero-order valence-electron chi connectivity index (χ0n) is 8.38. The van der Waals surface area contributed by atoms with Gasteiger partial charge >= 0.3 is 5.97 Å². The maximum Gasteiger partial charge on any atom is 0.307 e. The molecule has 2 nitrogen and oxygen atoms in total. The number of hydrogen-bond acceptors (Lipinski definition) is 2. The fourth-order valence-corrected chi connectivity index (χ4v) is 1.93. The highest BCUT2D eigenvalue weighted by atomic mass is 16.5. The predicted octanol–water partition coefficient (Wildman–Crippen LogP) is 2.87. The Morgan fingerprint density at radius 3 is 3.00 bits per heavy atom. The first-order valence-electron chi connectivity index (χ1n) is 5.03. The highest BCUT2D eigenvalue weighted by Crippen LogP contribution is 2.31. The van der Waals surface area contributed by atoms with Gasteiger partial charge in [0.2, 0.25) is 0 Å². The molecule has 0 heterocycles. The Labute approximate surface area is 83.9 Å². The predicted molar refractivity (Wildman–Crippen MR) is 54.5 cm³/mol. The molecule has 2 aliphatic rings. The number of esters is 1. The van der Waals surface area contributed by atoms with Crippen LogP contribution in [0.2, 0.25) is 0 Å². The Morgan fingerprint density at radius 1 is 1.36 bits per heavy atom. The van der Waals surface area contributed by atoms with E-state index in [9.17, 15) is 4.79 Å². The zero-order chi connectivity index (χ0) is 9.97. The minimum atomic E-state index is -0.222. The topological polar surface area (TPSA) is 26.3 Å². The molecule has 0 amide bonds. The van der Waals surface area contributed by atoms with E-state index in [1.807, 2.05) is 6.08 Å². The van der Waals surface area contributed by atoms with E-state index in [1.165, 1.54) is 18.1 Å². The standard InChI is InChI=1S/C12H14O2/c1-9(13)14-12-7-6-10-4-2-3-5-11(10)8-12/h3,5,8H,2,4,6-7H2,1H3. The molecular formula is C12H14O2. The van der Waals surface area contributed by atoms with Crippen LogP contribution >= 0.6 is 0 Å². The molecule has 0 saturated carbocycles. The van der Waals surface area contributed by atoms with E-state index >= 15 is 0 Å². The summed E-state index contributed by atoms with van der Waals surface area (Å²) < 4.78 is 5.09. The van der Waals surface area contributed by atoms with Crippen molar-refractivity contribution in [2.24, 2.45) is 0 Å². The summed E-state index contributed by atoms with van der Waals surface area (Å²) in [6.45, 7) is 1.45. The van der Waals surface area contributed by atoms with Crippen LogP contribution in [0.3, 0.4) is 0 Å². The molecular weight excluding hydrogens is 176 g/mol. The molecule has 2 heteroatoms. The molecule has 0 spiro atoms. The Kier molecular flexibility index (Phi) is 2.53. The molecule has 0 aliphatic heterocycles. The van der Waals surface area contributed by atoms with E-state index in [2.05, 4.69) is 12.2 Å². The van der Waals surface area contributed by atoms with Crippen molar-refractivity contribution in [1.82, 2.24) is 0 Å². The second kappa shape index (κ2) is 3.82. The van der Waals surface area contributed by atoms with Crippen molar-refractivity contribution >= 4 is 5.97 Å². The summed E-state index contributed by atoms with van der Waals surface area (Å²) in [5, 5.41) is 0. The number of carbonyl (C=O) groups excluding carboxylic acids is 1. The van der Waals surface area contributed by atoms with E-state index in [1.54, 1.807) is 0 Å². The number of carbonyl (C=O) groups is 1. The molecule has 0 N–H and O–H groups in total. The quantitative estimate of drug-likeness (QED) is 0.594. The number of hydrogen-bond donors (Lipinski definition) is 0. The molecule has 0 aromatic heterocycles. The fourth-order valence-electron chi connectivity index (χ4n) is 1.93. The van der Waals surface area contributed by atoms with Gasteiger partial charge in [-0.1, -0.05) is 17.7 Å². The molecule has 14 heavy (non-hydrogen) atoms. The normalized spacial score (nSPS) is 20.2. The van der Waals surface area contributed by atoms with Crippen LogP contribution in [0.25, 0.3) is 0 Å². The first kappa shape index (κ1) is 9.25. The highest BCUT2D eigenvalue weighted by Gasteiger charge is 2.15. The number of rotatable bonds is 1. The molecule has 74 valence electrons. The fraction of sp³-hybridized carbons (Fsp3) is 0.417. The summed E-state index contributed by atoms with van der Waals surface area (Å²) in [6, 6.07) is 0. The monoisotopic (exact) mass is 190 g/mol. The summed E-state index contributed by atoms with van der Waals surface area (Å²) >= 11 is 0. The smallest absolute Gasteiger partial charge is 0.307 e. The average molecular weight is 190 g/mol. The molecule has 0 unspecified atom stereocenters. The Bertz CT molecular complexity index is 345. The van der Waals surface area contributed by atoms with Crippen molar-refractivity contribution in [3.63, 3.8) is 0 Å². The van der Waals surface area contributed by atoms with Gasteiger partial charge in [0, 0.05) is 13.3 Å². The van der Waals surface area contributed by atoms with Crippen molar-refractivity contribution in [2.75, 3.05) is 0 Å². The van der Waals surface area contributed by atoms with Gasteiger partial charge in [0.1, 0.15) is 5.76 Å². The van der Waals surface area contributed by atoms with Crippen molar-refractivity contribution < 1.29 is 9.53 Å². The zero-order valence-corrected chi connectivity index (χ0v) is 8.38. The second-order valence-corrected chi connectivity index (χ2v) is 3.70. The van der Waals surface area contributed by atoms with Gasteiger partial charge in [0.25, 0.3) is 0 Å². The third kappa shape index (κ3) is 1.95. The van der Waals surface area contributed by atoms with E-state index < -0.39 is 0 Å². The van der Waals surface area contributed by atoms with Gasteiger partial charge in [-0.05, 0) is 30.9 Å². The lowest BCUT2D eigenvalue weighted by Crippen LogP contribution is -2.06. The van der Waals surface area contributed by atoms with Crippen molar-refractivity contribution in [3.05, 3.63) is 35.1 Å². The van der Waals surface area contributed by atoms with Crippen LogP contribution in [-0.4, -0.2) is 5.97 Å². The maximum atomic E-state index is 10.8. The van der Waals surface area contributed by atoms with Gasteiger partial charge in [-0.15, -0.1) is 0 Å². The SMILES string of the molecule is CC(=O)OC1=CC2=C(CCC=C2)CC1. The molecule has 2 rings (SSSR count). The van der Waals surface area contributed by atoms with Crippen LogP contribution in [0, 0.1) is 0 Å². The van der Waals surface area contributed by atoms with Gasteiger partial charge in [0.05, 0.1) is 0 Å². The van der Waals surface area contributed by atoms with Gasteiger partial charge in [0.15, 0.2) is 0 Å². The highest BCUT2D eigenvalue weighted by molar-refractivity contribution is 5.67. The molecule has 0 bridgehead atoms. The lowest BCUT2D eigenvalue weighted by molar-refractivity contribution is -0.137. The lowest BCUT2D eigenvalue weighted by Gasteiger charge is -2.20. The summed E-state index contributed by atoms with van der Waals surface area (Å²) in [5.74, 6) is 0.586. The van der Waals surface area contributed by atoms with Gasteiger partial charge in [-0.25, -0.2) is 0 Å². The molecule has 0 saturated heterocycles. The second-order valence-electron chi connectivity index (χ2n) is 3.70. The van der Waals surface area contributed by atoms with Crippen LogP contribution in [0.1, 0.15) is 32.6 Å². The Hall–Kier alpha value is -1.31. The minimum absolute atomic E-state index is 0.222. The van der Waals surface area contributed by atoms with Crippen LogP contribution in [0.4, 0.5) is 0 Å². The summed E-state index contributed by atoms with van der Waals surface area (Å²) in [7, 11) is 0. The third-order valence-corrected chi connectivity index (χ3v) is 2.58. The van der Waals surface area contributed by atoms with Crippen LogP contribution in [-0.2, 0) is 9.53 Å². The van der Waals surface area contributed by atoms with Crippen LogP contribution in [0.5, 0.6) is 0 Å². The van der Waals surface area contributed by atoms with Crippen LogP contribution < -0.4 is 0 Å². The first-order valence-corrected chi connectivity index (χ1v) is 5.03. The average Bonchev–Trinajstić information content (AvgIpc) is 2.17. The number of allylic oxidation sites excluding steroid dienone is 6. The Morgan fingerprint density at radius 2 is 2.21 bits per heavy atom. The minimum Gasteiger partial charge on any atom is -0.431 e. The van der Waals surface area contributed by atoms with E-state index in [0.29, 0.717) is 0 Å². The van der Waals surface area contributed by atoms with Crippen LogP contribution in [0.15, 0.2) is 35.1 Å². The maximum absolute atomic E-state index is 10.8. The van der Waals surface area contributed by atoms with E-state index in [4.69, 9.17) is 4.74 Å². The first-order chi connectivity index (χ1) is 6.75. The largest absolute Gasteiger partial charge is 0.431 e. The summed E-state index contributed by atoms with van der Waals surface area (Å²) in [5.41, 5.74) is 2.75.